The fourth-order valence-corrected chi connectivity index (χ4v) is 10.2. The summed E-state index contributed by atoms with van der Waals surface area (Å²) >= 11 is 0. The van der Waals surface area contributed by atoms with Crippen LogP contribution in [-0.2, 0) is 14.4 Å². The molecule has 4 heteroatoms. The van der Waals surface area contributed by atoms with E-state index in [0.717, 1.165) is 51.4 Å². The second-order valence-corrected chi connectivity index (χ2v) is 14.8. The Kier molecular flexibility index (Phi) is 4.89. The molecular weight excluding hydrogens is 422 g/mol. The van der Waals surface area contributed by atoms with E-state index in [0.29, 0.717) is 12.2 Å². The van der Waals surface area contributed by atoms with Crippen molar-refractivity contribution < 1.29 is 14.4 Å². The second kappa shape index (κ2) is 6.85. The molecule has 0 aromatic rings. The zero-order valence-corrected chi connectivity index (χ0v) is 22.5. The molecule has 8 atom stereocenters. The Morgan fingerprint density at radius 1 is 0.912 bits per heavy atom. The maximum absolute atomic E-state index is 14.2. The van der Waals surface area contributed by atoms with Crippen molar-refractivity contribution in [2.75, 3.05) is 0 Å². The fraction of sp³-hybridized carbons (Fsp3) is 0.833. The molecule has 0 heterocycles. The molecule has 5 aliphatic carbocycles. The lowest BCUT2D eigenvalue weighted by molar-refractivity contribution is -0.187. The summed E-state index contributed by atoms with van der Waals surface area (Å²) in [6, 6.07) is 0. The molecule has 0 aromatic carbocycles. The topological polar surface area (TPSA) is 77.2 Å². The zero-order chi connectivity index (χ0) is 25.1. The number of ketones is 2. The summed E-state index contributed by atoms with van der Waals surface area (Å²) in [7, 11) is 0. The van der Waals surface area contributed by atoms with E-state index >= 15 is 0 Å². The van der Waals surface area contributed by atoms with Crippen LogP contribution in [0.5, 0.6) is 0 Å². The molecule has 188 valence electrons. The van der Waals surface area contributed by atoms with Crippen molar-refractivity contribution in [1.29, 1.82) is 0 Å². The van der Waals surface area contributed by atoms with E-state index in [1.54, 1.807) is 0 Å². The third kappa shape index (κ3) is 2.75. The van der Waals surface area contributed by atoms with Crippen LogP contribution in [0.15, 0.2) is 11.6 Å². The van der Waals surface area contributed by atoms with Crippen molar-refractivity contribution in [2.24, 2.45) is 56.0 Å². The number of Topliss-reactive ketones (excluding diaryl/α,β-unsaturated/α-hetero) is 1. The largest absolute Gasteiger partial charge is 0.369 e. The molecule has 34 heavy (non-hydrogen) atoms. The Bertz CT molecular complexity index is 1010. The summed E-state index contributed by atoms with van der Waals surface area (Å²) in [5.74, 6) is 0.886. The van der Waals surface area contributed by atoms with Crippen molar-refractivity contribution in [2.45, 2.75) is 106 Å². The van der Waals surface area contributed by atoms with Gasteiger partial charge in [0.15, 0.2) is 5.78 Å². The summed E-state index contributed by atoms with van der Waals surface area (Å²) < 4.78 is 0. The first kappa shape index (κ1) is 24.3. The number of hydrogen-bond acceptors (Lipinski definition) is 3. The summed E-state index contributed by atoms with van der Waals surface area (Å²) in [6.45, 7) is 15.8. The molecule has 2 N–H and O–H groups in total. The molecule has 0 radical (unpaired) electrons. The lowest BCUT2D eigenvalue weighted by Gasteiger charge is -2.69. The molecule has 4 saturated carbocycles. The SMILES string of the molecule is CC1(C)C(=O)CC[C@]2(C)[C@H]3C(=O)C=C4[C@H]5C[C@@](C)(C(N)=O)CC[C@]5(C)CC[C@@]4(C)[C@]3(C)CC[C@@H]12. The summed E-state index contributed by atoms with van der Waals surface area (Å²) in [5, 5.41) is 0. The molecule has 0 saturated heterocycles. The minimum atomic E-state index is -0.499. The van der Waals surface area contributed by atoms with E-state index in [2.05, 4.69) is 41.5 Å². The molecule has 1 amide bonds. The minimum Gasteiger partial charge on any atom is -0.369 e. The monoisotopic (exact) mass is 467 g/mol. The highest BCUT2D eigenvalue weighted by Gasteiger charge is 2.70. The molecule has 5 aliphatic rings. The Hall–Kier alpha value is -1.45. The Morgan fingerprint density at radius 2 is 1.56 bits per heavy atom. The Labute approximate surface area is 205 Å². The fourth-order valence-electron chi connectivity index (χ4n) is 10.2. The van der Waals surface area contributed by atoms with Crippen LogP contribution in [0.2, 0.25) is 0 Å². The first-order valence-corrected chi connectivity index (χ1v) is 13.6. The first-order valence-electron chi connectivity index (χ1n) is 13.6. The highest BCUT2D eigenvalue weighted by molar-refractivity contribution is 5.96. The predicted octanol–water partition coefficient (Wildman–Crippen LogP) is 6.02. The van der Waals surface area contributed by atoms with Crippen LogP contribution in [0.25, 0.3) is 0 Å². The highest BCUT2D eigenvalue weighted by atomic mass is 16.1. The second-order valence-electron chi connectivity index (χ2n) is 14.8. The number of primary amides is 1. The molecule has 5 rings (SSSR count). The van der Waals surface area contributed by atoms with Crippen LogP contribution in [0.3, 0.4) is 0 Å². The van der Waals surface area contributed by atoms with E-state index in [9.17, 15) is 14.4 Å². The van der Waals surface area contributed by atoms with Gasteiger partial charge in [0.1, 0.15) is 5.78 Å². The normalized spacial score (nSPS) is 52.0. The predicted molar refractivity (Wildman–Crippen MR) is 134 cm³/mol. The third-order valence-electron chi connectivity index (χ3n) is 12.9. The van der Waals surface area contributed by atoms with Gasteiger partial charge in [0.25, 0.3) is 0 Å². The van der Waals surface area contributed by atoms with Crippen molar-refractivity contribution in [3.8, 4) is 0 Å². The van der Waals surface area contributed by atoms with Gasteiger partial charge in [-0.15, -0.1) is 0 Å². The highest BCUT2D eigenvalue weighted by Crippen LogP contribution is 2.74. The molecular formula is C30H45NO3. The van der Waals surface area contributed by atoms with Crippen LogP contribution >= 0.6 is 0 Å². The van der Waals surface area contributed by atoms with Crippen LogP contribution in [0.1, 0.15) is 106 Å². The van der Waals surface area contributed by atoms with E-state index in [4.69, 9.17) is 5.73 Å². The number of rotatable bonds is 1. The molecule has 0 spiro atoms. The van der Waals surface area contributed by atoms with E-state index in [-0.39, 0.29) is 56.5 Å². The molecule has 0 aromatic heterocycles. The number of carbonyl (C=O) groups excluding carboxylic acids is 3. The van der Waals surface area contributed by atoms with Gasteiger partial charge in [0, 0.05) is 23.2 Å². The summed E-state index contributed by atoms with van der Waals surface area (Å²) in [4.78, 5) is 39.5. The number of allylic oxidation sites excluding steroid dienone is 2. The molecule has 0 aliphatic heterocycles. The van der Waals surface area contributed by atoms with Crippen molar-refractivity contribution in [3.05, 3.63) is 11.6 Å². The lowest BCUT2D eigenvalue weighted by Crippen LogP contribution is -2.66. The van der Waals surface area contributed by atoms with E-state index in [1.807, 2.05) is 13.0 Å². The number of hydrogen-bond donors (Lipinski definition) is 1. The third-order valence-corrected chi connectivity index (χ3v) is 12.9. The quantitative estimate of drug-likeness (QED) is 0.512. The molecule has 4 fully saturated rings. The smallest absolute Gasteiger partial charge is 0.223 e. The van der Waals surface area contributed by atoms with E-state index < -0.39 is 5.41 Å². The average Bonchev–Trinajstić information content (AvgIpc) is 2.73. The average molecular weight is 468 g/mol. The Morgan fingerprint density at radius 3 is 2.21 bits per heavy atom. The maximum Gasteiger partial charge on any atom is 0.223 e. The number of fused-ring (bicyclic) bond motifs is 7. The van der Waals surface area contributed by atoms with Gasteiger partial charge in [0.2, 0.25) is 5.91 Å². The molecule has 0 unspecified atom stereocenters. The number of amides is 1. The van der Waals surface area contributed by atoms with Gasteiger partial charge < -0.3 is 5.73 Å². The van der Waals surface area contributed by atoms with Crippen molar-refractivity contribution in [3.63, 3.8) is 0 Å². The molecule has 4 nitrogen and oxygen atoms in total. The van der Waals surface area contributed by atoms with E-state index in [1.165, 1.54) is 5.57 Å². The van der Waals surface area contributed by atoms with Gasteiger partial charge in [-0.3, -0.25) is 14.4 Å². The number of nitrogens with two attached hydrogens (primary N) is 1. The van der Waals surface area contributed by atoms with Crippen LogP contribution in [0.4, 0.5) is 0 Å². The summed E-state index contributed by atoms with van der Waals surface area (Å²) in [6.07, 6.45) is 10.3. The van der Waals surface area contributed by atoms with Crippen LogP contribution in [-0.4, -0.2) is 17.5 Å². The van der Waals surface area contributed by atoms with Crippen LogP contribution < -0.4 is 5.73 Å². The van der Waals surface area contributed by atoms with Gasteiger partial charge in [-0.25, -0.2) is 0 Å². The van der Waals surface area contributed by atoms with Gasteiger partial charge in [0.05, 0.1) is 0 Å². The minimum absolute atomic E-state index is 0.0460. The van der Waals surface area contributed by atoms with Crippen molar-refractivity contribution in [1.82, 2.24) is 0 Å². The van der Waals surface area contributed by atoms with Gasteiger partial charge in [-0.05, 0) is 90.9 Å². The van der Waals surface area contributed by atoms with Crippen LogP contribution in [0, 0.1) is 50.2 Å². The summed E-state index contributed by atoms with van der Waals surface area (Å²) in [5.41, 5.74) is 6.14. The van der Waals surface area contributed by atoms with Gasteiger partial charge >= 0.3 is 0 Å². The lowest BCUT2D eigenvalue weighted by atomic mass is 9.33. The van der Waals surface area contributed by atoms with Gasteiger partial charge in [-0.2, -0.15) is 0 Å². The standard InChI is InChI=1S/C30H45NO3/c1-25(2)21-8-11-30(7)23(28(21,5)10-9-22(25)33)20(32)16-18-19-17-27(4,24(31)34)13-12-26(19,3)14-15-29(18,30)6/h16,19,21,23H,8-15,17H2,1-7H3,(H2,31,34)/t19-,21+,23-,26-,27+,28+,29-,30-/m1/s1. The maximum atomic E-state index is 14.2. The zero-order valence-electron chi connectivity index (χ0n) is 22.5. The Balaban J connectivity index is 1.63. The molecule has 0 bridgehead atoms. The van der Waals surface area contributed by atoms with Crippen molar-refractivity contribution >= 4 is 17.5 Å². The number of carbonyl (C=O) groups is 3. The first-order chi connectivity index (χ1) is 15.6. The van der Waals surface area contributed by atoms with Gasteiger partial charge in [-0.1, -0.05) is 54.0 Å².